The molecule has 0 N–H and O–H groups in total. The van der Waals surface area contributed by atoms with Gasteiger partial charge in [-0.3, -0.25) is 4.79 Å². The minimum atomic E-state index is -0.219. The lowest BCUT2D eigenvalue weighted by molar-refractivity contribution is -0.114. The quantitative estimate of drug-likeness (QED) is 0.519. The van der Waals surface area contributed by atoms with Crippen molar-refractivity contribution >= 4 is 17.4 Å². The van der Waals surface area contributed by atoms with Crippen LogP contribution in [0.15, 0.2) is 34.6 Å². The van der Waals surface area contributed by atoms with Gasteiger partial charge in [0, 0.05) is 30.8 Å². The van der Waals surface area contributed by atoms with E-state index in [1.165, 1.54) is 29.7 Å². The number of nitrogens with zero attached hydrogens (tertiary/aromatic N) is 1. The summed E-state index contributed by atoms with van der Waals surface area (Å²) in [4.78, 5) is 15.0. The van der Waals surface area contributed by atoms with Gasteiger partial charge in [0.1, 0.15) is 0 Å². The monoisotopic (exact) mass is 319 g/mol. The fourth-order valence-corrected chi connectivity index (χ4v) is 4.38. The summed E-state index contributed by atoms with van der Waals surface area (Å²) in [5.74, 6) is 0.179. The maximum absolute atomic E-state index is 12.4. The number of carbonyl (C=O) groups is 1. The predicted octanol–water partition coefficient (Wildman–Crippen LogP) is 4.61. The minimum absolute atomic E-state index is 0.179. The van der Waals surface area contributed by atoms with Gasteiger partial charge in [0.05, 0.1) is 5.38 Å². The van der Waals surface area contributed by atoms with Gasteiger partial charge in [0.25, 0.3) is 0 Å². The molecule has 3 aliphatic rings. The summed E-state index contributed by atoms with van der Waals surface area (Å²) < 4.78 is 0. The van der Waals surface area contributed by atoms with Crippen molar-refractivity contribution in [1.82, 2.24) is 4.90 Å². The highest BCUT2D eigenvalue weighted by Gasteiger charge is 2.38. The van der Waals surface area contributed by atoms with Gasteiger partial charge >= 0.3 is 0 Å². The fourth-order valence-electron chi connectivity index (χ4n) is 4.13. The summed E-state index contributed by atoms with van der Waals surface area (Å²) in [7, 11) is 0. The second kappa shape index (κ2) is 5.56. The Balaban J connectivity index is 2.11. The van der Waals surface area contributed by atoms with E-state index >= 15 is 0 Å². The number of hydrogen-bond donors (Lipinski definition) is 0. The first-order chi connectivity index (χ1) is 10.3. The summed E-state index contributed by atoms with van der Waals surface area (Å²) >= 11 is 6.27. The Hall–Kier alpha value is -1.02. The zero-order valence-electron chi connectivity index (χ0n) is 14.0. The van der Waals surface area contributed by atoms with E-state index in [2.05, 4.69) is 32.3 Å². The van der Waals surface area contributed by atoms with E-state index in [1.807, 2.05) is 0 Å². The lowest BCUT2D eigenvalue weighted by atomic mass is 9.72. The van der Waals surface area contributed by atoms with Gasteiger partial charge < -0.3 is 4.90 Å². The van der Waals surface area contributed by atoms with Crippen molar-refractivity contribution in [3.8, 4) is 0 Å². The van der Waals surface area contributed by atoms with E-state index in [0.29, 0.717) is 6.42 Å². The van der Waals surface area contributed by atoms with Gasteiger partial charge in [0.2, 0.25) is 0 Å². The third-order valence-corrected chi connectivity index (χ3v) is 5.74. The first-order valence-corrected chi connectivity index (χ1v) is 8.78. The number of allylic oxidation sites excluding steroid dienone is 5. The van der Waals surface area contributed by atoms with Gasteiger partial charge in [0.15, 0.2) is 5.78 Å². The van der Waals surface area contributed by atoms with Crippen molar-refractivity contribution in [2.24, 2.45) is 5.41 Å². The van der Waals surface area contributed by atoms with E-state index in [4.69, 9.17) is 11.6 Å². The third kappa shape index (κ3) is 2.67. The van der Waals surface area contributed by atoms with Crippen LogP contribution < -0.4 is 0 Å². The number of rotatable bonds is 1. The number of likely N-dealkylation sites (tertiary alicyclic amines) is 1. The molecule has 0 radical (unpaired) electrons. The van der Waals surface area contributed by atoms with Gasteiger partial charge in [-0.1, -0.05) is 20.4 Å². The molecule has 3 rings (SSSR count). The molecule has 1 unspecified atom stereocenters. The molecule has 1 heterocycles. The minimum Gasteiger partial charge on any atom is -0.375 e. The molecule has 1 saturated heterocycles. The number of ketones is 1. The Morgan fingerprint density at radius 3 is 2.41 bits per heavy atom. The fraction of sp³-hybridized carbons (Fsp3) is 0.632. The Morgan fingerprint density at radius 1 is 1.23 bits per heavy atom. The van der Waals surface area contributed by atoms with Crippen LogP contribution in [0, 0.1) is 5.41 Å². The molecule has 2 nitrogen and oxygen atoms in total. The Bertz CT molecular complexity index is 591. The van der Waals surface area contributed by atoms with Gasteiger partial charge in [-0.2, -0.15) is 0 Å². The van der Waals surface area contributed by atoms with Crippen LogP contribution in [-0.4, -0.2) is 29.1 Å². The summed E-state index contributed by atoms with van der Waals surface area (Å²) in [6.45, 7) is 13.2. The smallest absolute Gasteiger partial charge is 0.165 e. The molecule has 0 aromatic carbocycles. The molecule has 0 amide bonds. The van der Waals surface area contributed by atoms with Crippen LogP contribution in [0.3, 0.4) is 0 Å². The number of halogens is 1. The van der Waals surface area contributed by atoms with Crippen molar-refractivity contribution in [2.75, 3.05) is 13.1 Å². The van der Waals surface area contributed by atoms with Gasteiger partial charge in [-0.05, 0) is 54.7 Å². The van der Waals surface area contributed by atoms with Crippen LogP contribution in [0.25, 0.3) is 0 Å². The van der Waals surface area contributed by atoms with E-state index in [-0.39, 0.29) is 16.6 Å². The average molecular weight is 320 g/mol. The largest absolute Gasteiger partial charge is 0.375 e. The molecule has 0 aromatic heterocycles. The summed E-state index contributed by atoms with van der Waals surface area (Å²) in [5.41, 5.74) is 5.80. The van der Waals surface area contributed by atoms with Crippen molar-refractivity contribution in [3.05, 3.63) is 34.6 Å². The van der Waals surface area contributed by atoms with Crippen LogP contribution in [0.1, 0.15) is 52.9 Å². The lowest BCUT2D eigenvalue weighted by Crippen LogP contribution is -2.30. The van der Waals surface area contributed by atoms with Crippen LogP contribution in [0.4, 0.5) is 0 Å². The second-order valence-electron chi connectivity index (χ2n) is 7.76. The highest BCUT2D eigenvalue weighted by Crippen LogP contribution is 2.47. The average Bonchev–Trinajstić information content (AvgIpc) is 3.03. The lowest BCUT2D eigenvalue weighted by Gasteiger charge is -2.39. The van der Waals surface area contributed by atoms with Crippen LogP contribution in [0.2, 0.25) is 0 Å². The highest BCUT2D eigenvalue weighted by molar-refractivity contribution is 6.28. The van der Waals surface area contributed by atoms with Crippen LogP contribution >= 0.6 is 11.6 Å². The van der Waals surface area contributed by atoms with E-state index < -0.39 is 0 Å². The first-order valence-electron chi connectivity index (χ1n) is 8.35. The molecule has 0 spiro atoms. The zero-order chi connectivity index (χ0) is 16.1. The van der Waals surface area contributed by atoms with E-state index in [9.17, 15) is 4.79 Å². The topological polar surface area (TPSA) is 20.3 Å². The second-order valence-corrected chi connectivity index (χ2v) is 8.28. The summed E-state index contributed by atoms with van der Waals surface area (Å²) in [6, 6.07) is 0. The molecule has 1 atom stereocenters. The normalized spacial score (nSPS) is 32.4. The maximum atomic E-state index is 12.4. The number of alkyl halides is 1. The van der Waals surface area contributed by atoms with E-state index in [1.54, 1.807) is 0 Å². The Kier molecular flexibility index (Phi) is 4.01. The predicted molar refractivity (Wildman–Crippen MR) is 92.0 cm³/mol. The molecule has 2 fully saturated rings. The number of carbonyl (C=O) groups excluding carboxylic acids is 1. The number of Topliss-reactive ketones (excluding diaryl/α,β-unsaturated/α-hetero) is 1. The summed E-state index contributed by atoms with van der Waals surface area (Å²) in [5, 5.41) is -0.219. The molecular formula is C19H26ClNO. The molecule has 1 aliphatic heterocycles. The maximum Gasteiger partial charge on any atom is 0.165 e. The van der Waals surface area contributed by atoms with Gasteiger partial charge in [-0.25, -0.2) is 0 Å². The first kappa shape index (κ1) is 15.9. The van der Waals surface area contributed by atoms with E-state index in [0.717, 1.165) is 37.1 Å². The van der Waals surface area contributed by atoms with Crippen LogP contribution in [-0.2, 0) is 4.79 Å². The molecule has 0 bridgehead atoms. The number of hydrogen-bond acceptors (Lipinski definition) is 2. The van der Waals surface area contributed by atoms with Crippen molar-refractivity contribution in [3.63, 3.8) is 0 Å². The molecule has 3 heteroatoms. The van der Waals surface area contributed by atoms with Crippen molar-refractivity contribution < 1.29 is 4.79 Å². The SMILES string of the molecule is C=C1/C(=C2/CC(C)(C)CC(N3CCCC3)=C2C)C(=O)CC1Cl. The highest BCUT2D eigenvalue weighted by atomic mass is 35.5. The zero-order valence-corrected chi connectivity index (χ0v) is 14.7. The summed E-state index contributed by atoms with van der Waals surface area (Å²) in [6.07, 6.45) is 5.00. The molecular weight excluding hydrogens is 294 g/mol. The molecule has 0 aromatic rings. The van der Waals surface area contributed by atoms with Crippen molar-refractivity contribution in [1.29, 1.82) is 0 Å². The molecule has 120 valence electrons. The Labute approximate surface area is 138 Å². The van der Waals surface area contributed by atoms with Crippen LogP contribution in [0.5, 0.6) is 0 Å². The van der Waals surface area contributed by atoms with Crippen molar-refractivity contribution in [2.45, 2.75) is 58.3 Å². The molecule has 2 aliphatic carbocycles. The molecule has 1 saturated carbocycles. The third-order valence-electron chi connectivity index (χ3n) is 5.32. The Morgan fingerprint density at radius 2 is 1.86 bits per heavy atom. The van der Waals surface area contributed by atoms with Gasteiger partial charge in [-0.15, -0.1) is 11.6 Å². The standard InChI is InChI=1S/C19H26ClNO/c1-12-14(18-13(2)15(20)9-17(18)22)10-19(3,4)11-16(12)21-7-5-6-8-21/h15H,2,5-11H2,1,3-4H3/b18-14+. The molecule has 22 heavy (non-hydrogen) atoms.